The number of rotatable bonds is 9. The predicted octanol–water partition coefficient (Wildman–Crippen LogP) is 20.3. The lowest BCUT2D eigenvalue weighted by Gasteiger charge is -2.32. The van der Waals surface area contributed by atoms with Gasteiger partial charge in [-0.25, -0.2) is 0 Å². The van der Waals surface area contributed by atoms with E-state index in [0.29, 0.717) is 0 Å². The molecule has 2 nitrogen and oxygen atoms in total. The van der Waals surface area contributed by atoms with E-state index in [2.05, 4.69) is 313 Å². The lowest BCUT2D eigenvalue weighted by Crippen LogP contribution is -2.26. The first-order chi connectivity index (χ1) is 38.2. The molecule has 2 aliphatic rings. The second-order valence-corrected chi connectivity index (χ2v) is 20.3. The van der Waals surface area contributed by atoms with Gasteiger partial charge in [0.15, 0.2) is 0 Å². The van der Waals surface area contributed by atoms with Crippen LogP contribution in [0.1, 0.15) is 22.3 Å². The summed E-state index contributed by atoms with van der Waals surface area (Å²) in [5, 5.41) is 5.00. The van der Waals surface area contributed by atoms with Crippen molar-refractivity contribution in [2.24, 2.45) is 0 Å². The van der Waals surface area contributed by atoms with Crippen molar-refractivity contribution in [1.82, 2.24) is 0 Å². The molecular formula is C75H50N2. The van der Waals surface area contributed by atoms with E-state index in [1.807, 2.05) is 0 Å². The molecule has 77 heavy (non-hydrogen) atoms. The smallest absolute Gasteiger partial charge is 0.0726 e. The Morgan fingerprint density at radius 3 is 1.05 bits per heavy atom. The minimum atomic E-state index is -0.579. The fourth-order valence-electron chi connectivity index (χ4n) is 13.0. The van der Waals surface area contributed by atoms with Gasteiger partial charge in [-0.3, -0.25) is 0 Å². The molecule has 0 atom stereocenters. The standard InChI is InChI=1S/C75H50N2/c1-6-22-51(23-7-1)73-65-34-16-17-35-66(65)74(52-24-8-2-9-25-52)68-48-53(39-46-67(68)73)54-38-45-63-64-47-44-60(50-72(64)75(71(63)49-54)69-36-20-18-32-61(69)62-33-19-21-37-70(62)75)77(57-30-14-5-15-31-57)59-42-40-58(41-43-59)76(55-26-10-3-11-27-55)56-28-12-4-13-29-56/h1-50H. The highest BCUT2D eigenvalue weighted by Gasteiger charge is 2.52. The molecule has 0 saturated carbocycles. The van der Waals surface area contributed by atoms with Gasteiger partial charge in [0.2, 0.25) is 0 Å². The molecule has 13 aromatic rings. The van der Waals surface area contributed by atoms with Crippen LogP contribution in [0.4, 0.5) is 34.1 Å². The zero-order valence-corrected chi connectivity index (χ0v) is 42.3. The van der Waals surface area contributed by atoms with Gasteiger partial charge in [0.1, 0.15) is 0 Å². The van der Waals surface area contributed by atoms with Crippen LogP contribution in [0.2, 0.25) is 0 Å². The minimum absolute atomic E-state index is 0.579. The molecule has 0 fully saturated rings. The second-order valence-electron chi connectivity index (χ2n) is 20.3. The second kappa shape index (κ2) is 18.1. The van der Waals surface area contributed by atoms with E-state index in [1.165, 1.54) is 99.4 Å². The Morgan fingerprint density at radius 2 is 0.532 bits per heavy atom. The number of nitrogens with zero attached hydrogens (tertiary/aromatic N) is 2. The number of fused-ring (bicyclic) bond motifs is 12. The summed E-state index contributed by atoms with van der Waals surface area (Å²) < 4.78 is 0. The first-order valence-electron chi connectivity index (χ1n) is 26.7. The topological polar surface area (TPSA) is 6.48 Å². The van der Waals surface area contributed by atoms with Gasteiger partial charge < -0.3 is 9.80 Å². The lowest BCUT2D eigenvalue weighted by atomic mass is 9.70. The van der Waals surface area contributed by atoms with Crippen molar-refractivity contribution in [3.05, 3.63) is 326 Å². The van der Waals surface area contributed by atoms with Crippen molar-refractivity contribution in [3.63, 3.8) is 0 Å². The molecule has 2 heteroatoms. The summed E-state index contributed by atoms with van der Waals surface area (Å²) in [5.74, 6) is 0. The Kier molecular flexibility index (Phi) is 10.5. The normalized spacial score (nSPS) is 12.5. The van der Waals surface area contributed by atoms with Crippen LogP contribution in [0.15, 0.2) is 303 Å². The highest BCUT2D eigenvalue weighted by molar-refractivity contribution is 6.22. The van der Waals surface area contributed by atoms with Crippen molar-refractivity contribution in [1.29, 1.82) is 0 Å². The summed E-state index contributed by atoms with van der Waals surface area (Å²) in [6.45, 7) is 0. The molecular weight excluding hydrogens is 929 g/mol. The summed E-state index contributed by atoms with van der Waals surface area (Å²) in [6.07, 6.45) is 0. The molecule has 360 valence electrons. The molecule has 0 saturated heterocycles. The molecule has 0 unspecified atom stereocenters. The molecule has 13 aromatic carbocycles. The quantitative estimate of drug-likeness (QED) is 0.133. The monoisotopic (exact) mass is 978 g/mol. The minimum Gasteiger partial charge on any atom is -0.311 e. The largest absolute Gasteiger partial charge is 0.311 e. The Hall–Kier alpha value is -10.0. The molecule has 0 N–H and O–H groups in total. The van der Waals surface area contributed by atoms with Crippen LogP contribution < -0.4 is 9.80 Å². The number of hydrogen-bond acceptors (Lipinski definition) is 2. The van der Waals surface area contributed by atoms with Crippen LogP contribution in [0.25, 0.3) is 77.2 Å². The van der Waals surface area contributed by atoms with Crippen LogP contribution in [-0.2, 0) is 5.41 Å². The predicted molar refractivity (Wildman–Crippen MR) is 323 cm³/mol. The summed E-state index contributed by atoms with van der Waals surface area (Å²) in [7, 11) is 0. The summed E-state index contributed by atoms with van der Waals surface area (Å²) >= 11 is 0. The maximum absolute atomic E-state index is 2.52. The Balaban J connectivity index is 0.924. The van der Waals surface area contributed by atoms with Gasteiger partial charge in [-0.15, -0.1) is 0 Å². The van der Waals surface area contributed by atoms with Gasteiger partial charge in [0.25, 0.3) is 0 Å². The van der Waals surface area contributed by atoms with Gasteiger partial charge >= 0.3 is 0 Å². The van der Waals surface area contributed by atoms with E-state index >= 15 is 0 Å². The fourth-order valence-corrected chi connectivity index (χ4v) is 13.0. The number of hydrogen-bond donors (Lipinski definition) is 0. The zero-order valence-electron chi connectivity index (χ0n) is 42.3. The van der Waals surface area contributed by atoms with E-state index in [-0.39, 0.29) is 0 Å². The van der Waals surface area contributed by atoms with E-state index in [0.717, 1.165) is 34.1 Å². The lowest BCUT2D eigenvalue weighted by molar-refractivity contribution is 0.794. The highest BCUT2D eigenvalue weighted by Crippen LogP contribution is 2.64. The van der Waals surface area contributed by atoms with Crippen molar-refractivity contribution in [2.75, 3.05) is 9.80 Å². The zero-order chi connectivity index (χ0) is 50.9. The molecule has 0 amide bonds. The fraction of sp³-hybridized carbons (Fsp3) is 0.0133. The molecule has 0 aliphatic heterocycles. The van der Waals surface area contributed by atoms with Crippen LogP contribution in [0, 0.1) is 0 Å². The maximum atomic E-state index is 2.52. The van der Waals surface area contributed by atoms with Crippen molar-refractivity contribution in [2.45, 2.75) is 5.41 Å². The summed E-state index contributed by atoms with van der Waals surface area (Å²) in [6, 6.07) is 112. The number of para-hydroxylation sites is 3. The SMILES string of the molecule is c1ccc(-c2c3ccccc3c(-c3ccccc3)c3cc(-c4ccc5c(c4)C4(c6ccccc6-c6ccccc64)c4cc(N(c6ccccc6)c6ccc(N(c7ccccc7)c7ccccc7)cc6)ccc4-5)ccc23)cc1. The average molecular weight is 979 g/mol. The Morgan fingerprint density at radius 1 is 0.195 bits per heavy atom. The van der Waals surface area contributed by atoms with Gasteiger partial charge in [0.05, 0.1) is 5.41 Å². The van der Waals surface area contributed by atoms with Crippen molar-refractivity contribution in [3.8, 4) is 55.6 Å². The molecule has 15 rings (SSSR count). The molecule has 2 aliphatic carbocycles. The van der Waals surface area contributed by atoms with E-state index < -0.39 is 5.41 Å². The van der Waals surface area contributed by atoms with Crippen LogP contribution >= 0.6 is 0 Å². The molecule has 1 spiro atoms. The first-order valence-corrected chi connectivity index (χ1v) is 26.7. The van der Waals surface area contributed by atoms with Crippen LogP contribution in [-0.4, -0.2) is 0 Å². The van der Waals surface area contributed by atoms with Gasteiger partial charge in [-0.2, -0.15) is 0 Å². The highest BCUT2D eigenvalue weighted by atomic mass is 15.2. The Bertz CT molecular complexity index is 4280. The third-order valence-electron chi connectivity index (χ3n) is 16.2. The molecule has 0 heterocycles. The number of benzene rings is 13. The van der Waals surface area contributed by atoms with Crippen LogP contribution in [0.5, 0.6) is 0 Å². The summed E-state index contributed by atoms with van der Waals surface area (Å²) in [5.41, 5.74) is 23.7. The number of anilines is 6. The average Bonchev–Trinajstić information content (AvgIpc) is 4.17. The summed E-state index contributed by atoms with van der Waals surface area (Å²) in [4.78, 5) is 4.74. The third kappa shape index (κ3) is 7.03. The van der Waals surface area contributed by atoms with Gasteiger partial charge in [-0.05, 0) is 184 Å². The van der Waals surface area contributed by atoms with E-state index in [1.54, 1.807) is 0 Å². The van der Waals surface area contributed by atoms with E-state index in [4.69, 9.17) is 0 Å². The molecule has 0 aromatic heterocycles. The van der Waals surface area contributed by atoms with Crippen LogP contribution in [0.3, 0.4) is 0 Å². The van der Waals surface area contributed by atoms with Crippen molar-refractivity contribution < 1.29 is 0 Å². The van der Waals surface area contributed by atoms with Crippen molar-refractivity contribution >= 4 is 55.7 Å². The first kappa shape index (κ1) is 44.5. The molecule has 0 radical (unpaired) electrons. The molecule has 0 bridgehead atoms. The van der Waals surface area contributed by atoms with E-state index in [9.17, 15) is 0 Å². The Labute approximate surface area is 449 Å². The third-order valence-corrected chi connectivity index (χ3v) is 16.2. The van der Waals surface area contributed by atoms with Gasteiger partial charge in [-0.1, -0.05) is 218 Å². The maximum Gasteiger partial charge on any atom is 0.0726 e. The van der Waals surface area contributed by atoms with Gasteiger partial charge in [0, 0.05) is 34.1 Å².